The summed E-state index contributed by atoms with van der Waals surface area (Å²) in [6, 6.07) is 7.53. The van der Waals surface area contributed by atoms with Crippen molar-refractivity contribution in [3.05, 3.63) is 52.4 Å². The molecule has 1 aromatic carbocycles. The third-order valence-corrected chi connectivity index (χ3v) is 3.20. The van der Waals surface area contributed by atoms with Crippen LogP contribution in [0, 0.1) is 13.8 Å². The SMILES string of the molecule is Cc1noc(C)c1CNCc1ccccc1C(N)=NO. The van der Waals surface area contributed by atoms with Crippen molar-refractivity contribution in [2.45, 2.75) is 26.9 Å². The molecule has 0 spiro atoms. The molecule has 2 aromatic rings. The number of amidine groups is 1. The van der Waals surface area contributed by atoms with Crippen molar-refractivity contribution in [3.8, 4) is 0 Å². The average molecular weight is 274 g/mol. The number of nitrogens with one attached hydrogen (secondary N) is 1. The predicted molar refractivity (Wildman–Crippen MR) is 75.5 cm³/mol. The molecule has 1 aromatic heterocycles. The molecule has 0 bridgehead atoms. The van der Waals surface area contributed by atoms with E-state index in [1.165, 1.54) is 0 Å². The summed E-state index contributed by atoms with van der Waals surface area (Å²) >= 11 is 0. The molecule has 0 fully saturated rings. The maximum absolute atomic E-state index is 8.78. The van der Waals surface area contributed by atoms with Crippen LogP contribution in [0.15, 0.2) is 33.9 Å². The molecular weight excluding hydrogens is 256 g/mol. The highest BCUT2D eigenvalue weighted by Gasteiger charge is 2.09. The highest BCUT2D eigenvalue weighted by atomic mass is 16.5. The second-order valence-electron chi connectivity index (χ2n) is 4.55. The lowest BCUT2D eigenvalue weighted by Crippen LogP contribution is -2.20. The summed E-state index contributed by atoms with van der Waals surface area (Å²) in [5.74, 6) is 0.930. The van der Waals surface area contributed by atoms with Gasteiger partial charge in [-0.2, -0.15) is 0 Å². The van der Waals surface area contributed by atoms with Crippen LogP contribution < -0.4 is 11.1 Å². The third-order valence-electron chi connectivity index (χ3n) is 3.20. The van der Waals surface area contributed by atoms with Gasteiger partial charge in [0.05, 0.1) is 5.69 Å². The monoisotopic (exact) mass is 274 g/mol. The Labute approximate surface area is 117 Å². The first kappa shape index (κ1) is 14.1. The fourth-order valence-corrected chi connectivity index (χ4v) is 2.05. The highest BCUT2D eigenvalue weighted by molar-refractivity contribution is 5.98. The molecule has 20 heavy (non-hydrogen) atoms. The molecule has 2 rings (SSSR count). The zero-order valence-corrected chi connectivity index (χ0v) is 11.6. The van der Waals surface area contributed by atoms with E-state index in [-0.39, 0.29) is 5.84 Å². The maximum Gasteiger partial charge on any atom is 0.170 e. The van der Waals surface area contributed by atoms with Gasteiger partial charge in [0.15, 0.2) is 5.84 Å². The molecule has 0 aliphatic heterocycles. The van der Waals surface area contributed by atoms with E-state index in [2.05, 4.69) is 15.6 Å². The quantitative estimate of drug-likeness (QED) is 0.333. The van der Waals surface area contributed by atoms with Crippen molar-refractivity contribution in [1.82, 2.24) is 10.5 Å². The molecule has 0 saturated heterocycles. The van der Waals surface area contributed by atoms with Crippen LogP contribution in [-0.4, -0.2) is 16.2 Å². The van der Waals surface area contributed by atoms with Crippen molar-refractivity contribution < 1.29 is 9.73 Å². The Bertz CT molecular complexity index is 600. The van der Waals surface area contributed by atoms with Gasteiger partial charge in [-0.15, -0.1) is 0 Å². The number of hydrogen-bond acceptors (Lipinski definition) is 5. The summed E-state index contributed by atoms with van der Waals surface area (Å²) in [6.45, 7) is 5.07. The summed E-state index contributed by atoms with van der Waals surface area (Å²) in [5, 5.41) is 19.1. The van der Waals surface area contributed by atoms with E-state index >= 15 is 0 Å². The summed E-state index contributed by atoms with van der Waals surface area (Å²) in [5.41, 5.74) is 9.30. The van der Waals surface area contributed by atoms with Crippen molar-refractivity contribution in [1.29, 1.82) is 0 Å². The van der Waals surface area contributed by atoms with Crippen LogP contribution in [-0.2, 0) is 13.1 Å². The topological polar surface area (TPSA) is 96.7 Å². The number of aryl methyl sites for hydroxylation is 2. The molecule has 1 heterocycles. The van der Waals surface area contributed by atoms with E-state index < -0.39 is 0 Å². The van der Waals surface area contributed by atoms with Crippen LogP contribution in [0.5, 0.6) is 0 Å². The fraction of sp³-hybridized carbons (Fsp3) is 0.286. The van der Waals surface area contributed by atoms with E-state index in [0.29, 0.717) is 13.1 Å². The van der Waals surface area contributed by atoms with E-state index in [1.54, 1.807) is 0 Å². The summed E-state index contributed by atoms with van der Waals surface area (Å²) in [4.78, 5) is 0. The van der Waals surface area contributed by atoms with E-state index in [4.69, 9.17) is 15.5 Å². The van der Waals surface area contributed by atoms with Gasteiger partial charge < -0.3 is 20.8 Å². The van der Waals surface area contributed by atoms with Gasteiger partial charge in [0, 0.05) is 24.2 Å². The van der Waals surface area contributed by atoms with Gasteiger partial charge in [-0.05, 0) is 19.4 Å². The van der Waals surface area contributed by atoms with Crippen LogP contribution in [0.4, 0.5) is 0 Å². The lowest BCUT2D eigenvalue weighted by Gasteiger charge is -2.09. The highest BCUT2D eigenvalue weighted by Crippen LogP contribution is 2.13. The predicted octanol–water partition coefficient (Wildman–Crippen LogP) is 1.68. The Morgan fingerprint density at radius 3 is 2.75 bits per heavy atom. The second kappa shape index (κ2) is 6.21. The Balaban J connectivity index is 2.05. The second-order valence-corrected chi connectivity index (χ2v) is 4.55. The third kappa shape index (κ3) is 2.97. The van der Waals surface area contributed by atoms with Crippen LogP contribution >= 0.6 is 0 Å². The number of rotatable bonds is 5. The lowest BCUT2D eigenvalue weighted by atomic mass is 10.1. The van der Waals surface area contributed by atoms with Gasteiger partial charge in [0.25, 0.3) is 0 Å². The van der Waals surface area contributed by atoms with Gasteiger partial charge in [-0.25, -0.2) is 0 Å². The Kier molecular flexibility index (Phi) is 4.37. The lowest BCUT2D eigenvalue weighted by molar-refractivity contribution is 0.318. The maximum atomic E-state index is 8.78. The molecule has 0 amide bonds. The molecule has 0 radical (unpaired) electrons. The van der Waals surface area contributed by atoms with Crippen LogP contribution in [0.1, 0.15) is 28.1 Å². The van der Waals surface area contributed by atoms with Gasteiger partial charge in [-0.3, -0.25) is 0 Å². The molecule has 4 N–H and O–H groups in total. The average Bonchev–Trinajstić information content (AvgIpc) is 2.78. The van der Waals surface area contributed by atoms with Gasteiger partial charge in [-0.1, -0.05) is 34.6 Å². The molecule has 6 nitrogen and oxygen atoms in total. The largest absolute Gasteiger partial charge is 0.409 e. The molecule has 0 saturated carbocycles. The first-order chi connectivity index (χ1) is 9.63. The Hall–Kier alpha value is -2.34. The number of hydrogen-bond donors (Lipinski definition) is 3. The van der Waals surface area contributed by atoms with Crippen molar-refractivity contribution in [2.24, 2.45) is 10.9 Å². The van der Waals surface area contributed by atoms with Crippen molar-refractivity contribution in [2.75, 3.05) is 0 Å². The minimum Gasteiger partial charge on any atom is -0.409 e. The van der Waals surface area contributed by atoms with Crippen molar-refractivity contribution in [3.63, 3.8) is 0 Å². The minimum absolute atomic E-state index is 0.111. The number of nitrogens with zero attached hydrogens (tertiary/aromatic N) is 2. The minimum atomic E-state index is 0.111. The number of oxime groups is 1. The fourth-order valence-electron chi connectivity index (χ4n) is 2.05. The normalized spacial score (nSPS) is 11.8. The Morgan fingerprint density at radius 1 is 1.35 bits per heavy atom. The molecule has 0 unspecified atom stereocenters. The van der Waals surface area contributed by atoms with Crippen LogP contribution in [0.25, 0.3) is 0 Å². The summed E-state index contributed by atoms with van der Waals surface area (Å²) < 4.78 is 5.12. The zero-order chi connectivity index (χ0) is 14.5. The van der Waals surface area contributed by atoms with Crippen LogP contribution in [0.3, 0.4) is 0 Å². The first-order valence-electron chi connectivity index (χ1n) is 6.31. The molecule has 6 heteroatoms. The van der Waals surface area contributed by atoms with Crippen LogP contribution in [0.2, 0.25) is 0 Å². The van der Waals surface area contributed by atoms with E-state index in [0.717, 1.165) is 28.1 Å². The smallest absolute Gasteiger partial charge is 0.170 e. The number of aromatic nitrogens is 1. The standard InChI is InChI=1S/C14H18N4O2/c1-9-13(10(2)20-18-9)8-16-7-11-5-3-4-6-12(11)14(15)17-19/h3-6,16,19H,7-8H2,1-2H3,(H2,15,17). The molecule has 0 aliphatic carbocycles. The van der Waals surface area contributed by atoms with Gasteiger partial charge in [0.2, 0.25) is 0 Å². The first-order valence-corrected chi connectivity index (χ1v) is 6.31. The summed E-state index contributed by atoms with van der Waals surface area (Å²) in [7, 11) is 0. The molecule has 106 valence electrons. The number of benzene rings is 1. The molecule has 0 aliphatic rings. The summed E-state index contributed by atoms with van der Waals surface area (Å²) in [6.07, 6.45) is 0. The van der Waals surface area contributed by atoms with E-state index in [1.807, 2.05) is 38.1 Å². The Morgan fingerprint density at radius 2 is 2.10 bits per heavy atom. The van der Waals surface area contributed by atoms with Gasteiger partial charge >= 0.3 is 0 Å². The van der Waals surface area contributed by atoms with Gasteiger partial charge in [0.1, 0.15) is 5.76 Å². The van der Waals surface area contributed by atoms with E-state index in [9.17, 15) is 0 Å². The van der Waals surface area contributed by atoms with Crippen molar-refractivity contribution >= 4 is 5.84 Å². The number of nitrogens with two attached hydrogens (primary N) is 1. The molecule has 0 atom stereocenters. The molecular formula is C14H18N4O2. The zero-order valence-electron chi connectivity index (χ0n) is 11.6.